The molecule has 0 aromatic heterocycles. The summed E-state index contributed by atoms with van der Waals surface area (Å²) in [5.41, 5.74) is 6.73. The molecule has 0 heterocycles. The number of benzene rings is 1. The summed E-state index contributed by atoms with van der Waals surface area (Å²) in [4.78, 5) is 11.3. The van der Waals surface area contributed by atoms with Crippen LogP contribution in [-0.2, 0) is 15.3 Å². The monoisotopic (exact) mass is 273 g/mol. The van der Waals surface area contributed by atoms with Crippen molar-refractivity contribution < 1.29 is 9.53 Å². The number of esters is 1. The van der Waals surface area contributed by atoms with Gasteiger partial charge in [-0.2, -0.15) is 11.8 Å². The number of hydrogen-bond acceptors (Lipinski definition) is 4. The quantitative estimate of drug-likeness (QED) is 0.809. The van der Waals surface area contributed by atoms with Crippen LogP contribution in [0.2, 0.25) is 5.02 Å². The molecule has 0 unspecified atom stereocenters. The molecule has 0 aliphatic heterocycles. The molecule has 17 heavy (non-hydrogen) atoms. The van der Waals surface area contributed by atoms with Crippen LogP contribution >= 0.6 is 23.4 Å². The summed E-state index contributed by atoms with van der Waals surface area (Å²) in [5, 5.41) is 0.740. The highest BCUT2D eigenvalue weighted by Gasteiger charge is 2.14. The van der Waals surface area contributed by atoms with Crippen molar-refractivity contribution in [3.63, 3.8) is 0 Å². The molecule has 0 spiro atoms. The molecule has 2 N–H and O–H groups in total. The topological polar surface area (TPSA) is 52.3 Å². The van der Waals surface area contributed by atoms with E-state index in [0.29, 0.717) is 12.4 Å². The number of halogens is 1. The molecule has 0 bridgehead atoms. The van der Waals surface area contributed by atoms with Crippen LogP contribution in [0.5, 0.6) is 0 Å². The summed E-state index contributed by atoms with van der Waals surface area (Å²) in [5.74, 6) is 0.927. The van der Waals surface area contributed by atoms with E-state index in [1.807, 2.05) is 24.3 Å². The Morgan fingerprint density at radius 1 is 1.53 bits per heavy atom. The molecule has 0 radical (unpaired) electrons. The van der Waals surface area contributed by atoms with E-state index in [9.17, 15) is 4.79 Å². The van der Waals surface area contributed by atoms with Gasteiger partial charge in [0.15, 0.2) is 0 Å². The Kier molecular flexibility index (Phi) is 6.40. The molecule has 1 atom stereocenters. The summed E-state index contributed by atoms with van der Waals surface area (Å²) in [6.07, 6.45) is 0. The van der Waals surface area contributed by atoms with Crippen molar-refractivity contribution in [3.8, 4) is 0 Å². The second-order valence-electron chi connectivity index (χ2n) is 3.47. The molecule has 0 saturated carbocycles. The Bertz CT molecular complexity index is 373. The van der Waals surface area contributed by atoms with E-state index in [1.165, 1.54) is 0 Å². The van der Waals surface area contributed by atoms with Crippen LogP contribution in [0.3, 0.4) is 0 Å². The Morgan fingerprint density at radius 3 is 2.88 bits per heavy atom. The summed E-state index contributed by atoms with van der Waals surface area (Å²) < 4.78 is 4.83. The fourth-order valence-electron chi connectivity index (χ4n) is 1.23. The fourth-order valence-corrected chi connectivity index (χ4v) is 2.49. The SMILES string of the molecule is CCOC(=O)[C@@H](N)CSCc1ccccc1Cl. The molecular weight excluding hydrogens is 258 g/mol. The minimum absolute atomic E-state index is 0.348. The molecule has 0 aliphatic rings. The Morgan fingerprint density at radius 2 is 2.24 bits per heavy atom. The van der Waals surface area contributed by atoms with Crippen molar-refractivity contribution in [2.75, 3.05) is 12.4 Å². The van der Waals surface area contributed by atoms with Crippen LogP contribution in [-0.4, -0.2) is 24.4 Å². The molecule has 1 aromatic carbocycles. The van der Waals surface area contributed by atoms with Crippen LogP contribution in [0.1, 0.15) is 12.5 Å². The van der Waals surface area contributed by atoms with Gasteiger partial charge >= 0.3 is 5.97 Å². The van der Waals surface area contributed by atoms with E-state index >= 15 is 0 Å². The van der Waals surface area contributed by atoms with Crippen molar-refractivity contribution in [2.24, 2.45) is 5.73 Å². The summed E-state index contributed by atoms with van der Waals surface area (Å²) in [6, 6.07) is 7.07. The van der Waals surface area contributed by atoms with E-state index in [1.54, 1.807) is 18.7 Å². The van der Waals surface area contributed by atoms with E-state index in [0.717, 1.165) is 16.3 Å². The van der Waals surface area contributed by atoms with Crippen LogP contribution < -0.4 is 5.73 Å². The first kappa shape index (κ1) is 14.4. The predicted octanol–water partition coefficient (Wildman–Crippen LogP) is 2.46. The molecular formula is C12H16ClNO2S. The van der Waals surface area contributed by atoms with Crippen molar-refractivity contribution >= 4 is 29.3 Å². The first-order valence-electron chi connectivity index (χ1n) is 5.38. The third-order valence-corrected chi connectivity index (χ3v) is 3.58. The fraction of sp³-hybridized carbons (Fsp3) is 0.417. The van der Waals surface area contributed by atoms with E-state index in [4.69, 9.17) is 22.1 Å². The minimum atomic E-state index is -0.567. The predicted molar refractivity (Wildman–Crippen MR) is 72.2 cm³/mol. The second kappa shape index (κ2) is 7.58. The summed E-state index contributed by atoms with van der Waals surface area (Å²) >= 11 is 7.59. The molecule has 1 aromatic rings. The van der Waals surface area contributed by atoms with Gasteiger partial charge in [0.05, 0.1) is 6.61 Å². The maximum Gasteiger partial charge on any atom is 0.323 e. The summed E-state index contributed by atoms with van der Waals surface area (Å²) in [6.45, 7) is 2.13. The van der Waals surface area contributed by atoms with E-state index in [-0.39, 0.29) is 5.97 Å². The number of nitrogens with two attached hydrogens (primary N) is 1. The van der Waals surface area contributed by atoms with Crippen molar-refractivity contribution in [1.29, 1.82) is 0 Å². The van der Waals surface area contributed by atoms with Gasteiger partial charge in [0, 0.05) is 16.5 Å². The van der Waals surface area contributed by atoms with Gasteiger partial charge in [0.25, 0.3) is 0 Å². The first-order valence-corrected chi connectivity index (χ1v) is 6.91. The van der Waals surface area contributed by atoms with Gasteiger partial charge < -0.3 is 10.5 Å². The molecule has 94 valence electrons. The third-order valence-electron chi connectivity index (χ3n) is 2.10. The normalized spacial score (nSPS) is 12.2. The number of hydrogen-bond donors (Lipinski definition) is 1. The number of carbonyl (C=O) groups is 1. The highest BCUT2D eigenvalue weighted by atomic mass is 35.5. The van der Waals surface area contributed by atoms with Crippen molar-refractivity contribution in [2.45, 2.75) is 18.7 Å². The van der Waals surface area contributed by atoms with E-state index < -0.39 is 6.04 Å². The second-order valence-corrected chi connectivity index (χ2v) is 4.90. The maximum absolute atomic E-state index is 11.3. The van der Waals surface area contributed by atoms with Gasteiger partial charge in [0.2, 0.25) is 0 Å². The highest BCUT2D eigenvalue weighted by Crippen LogP contribution is 2.20. The van der Waals surface area contributed by atoms with Crippen molar-refractivity contribution in [1.82, 2.24) is 0 Å². The number of rotatable bonds is 6. The lowest BCUT2D eigenvalue weighted by molar-refractivity contribution is -0.144. The molecule has 3 nitrogen and oxygen atoms in total. The average molecular weight is 274 g/mol. The van der Waals surface area contributed by atoms with Gasteiger partial charge in [-0.05, 0) is 18.6 Å². The van der Waals surface area contributed by atoms with Crippen LogP contribution in [0.25, 0.3) is 0 Å². The number of carbonyl (C=O) groups excluding carboxylic acids is 1. The first-order chi connectivity index (χ1) is 8.15. The molecule has 5 heteroatoms. The van der Waals surface area contributed by atoms with Crippen molar-refractivity contribution in [3.05, 3.63) is 34.9 Å². The van der Waals surface area contributed by atoms with Gasteiger partial charge in [-0.1, -0.05) is 29.8 Å². The van der Waals surface area contributed by atoms with Crippen LogP contribution in [0, 0.1) is 0 Å². The smallest absolute Gasteiger partial charge is 0.323 e. The lowest BCUT2D eigenvalue weighted by Crippen LogP contribution is -2.34. The number of thioether (sulfide) groups is 1. The standard InChI is InChI=1S/C12H16ClNO2S/c1-2-16-12(15)11(14)8-17-7-9-5-3-4-6-10(9)13/h3-6,11H,2,7-8,14H2,1H3/t11-/m0/s1. The summed E-state index contributed by atoms with van der Waals surface area (Å²) in [7, 11) is 0. The highest BCUT2D eigenvalue weighted by molar-refractivity contribution is 7.98. The lowest BCUT2D eigenvalue weighted by Gasteiger charge is -2.10. The Labute approximate surface area is 111 Å². The lowest BCUT2D eigenvalue weighted by atomic mass is 10.2. The largest absolute Gasteiger partial charge is 0.465 e. The minimum Gasteiger partial charge on any atom is -0.465 e. The molecule has 0 amide bonds. The van der Waals surface area contributed by atoms with E-state index in [2.05, 4.69) is 0 Å². The molecule has 0 saturated heterocycles. The third kappa shape index (κ3) is 4.98. The Hall–Kier alpha value is -0.710. The molecule has 0 fully saturated rings. The Balaban J connectivity index is 2.33. The van der Waals surface area contributed by atoms with Gasteiger partial charge in [-0.15, -0.1) is 0 Å². The van der Waals surface area contributed by atoms with Gasteiger partial charge in [0.1, 0.15) is 6.04 Å². The van der Waals surface area contributed by atoms with Crippen LogP contribution in [0.15, 0.2) is 24.3 Å². The average Bonchev–Trinajstić information content (AvgIpc) is 2.31. The molecule has 1 rings (SSSR count). The zero-order valence-corrected chi connectivity index (χ0v) is 11.3. The zero-order chi connectivity index (χ0) is 12.7. The van der Waals surface area contributed by atoms with Crippen LogP contribution in [0.4, 0.5) is 0 Å². The maximum atomic E-state index is 11.3. The number of ether oxygens (including phenoxy) is 1. The van der Waals surface area contributed by atoms with Gasteiger partial charge in [-0.3, -0.25) is 4.79 Å². The zero-order valence-electron chi connectivity index (χ0n) is 9.69. The molecule has 0 aliphatic carbocycles. The van der Waals surface area contributed by atoms with Gasteiger partial charge in [-0.25, -0.2) is 0 Å².